The van der Waals surface area contributed by atoms with E-state index in [4.69, 9.17) is 4.42 Å². The first-order valence-corrected chi connectivity index (χ1v) is 3.71. The molecular weight excluding hydrogens is 182 g/mol. The van der Waals surface area contributed by atoms with Gasteiger partial charge in [0.25, 0.3) is 6.43 Å². The Morgan fingerprint density at radius 3 is 2.85 bits per heavy atom. The Balaban J connectivity index is 2.39. The fourth-order valence-electron chi connectivity index (χ4n) is 0.712. The highest BCUT2D eigenvalue weighted by Gasteiger charge is 2.07. The second kappa shape index (κ2) is 4.70. The molecule has 1 rings (SSSR count). The Hall–Kier alpha value is -1.24. The van der Waals surface area contributed by atoms with Crippen molar-refractivity contribution in [1.29, 1.82) is 0 Å². The highest BCUT2D eigenvalue weighted by molar-refractivity contribution is 5.16. The van der Waals surface area contributed by atoms with E-state index in [-0.39, 0.29) is 6.01 Å². The average molecular weight is 192 g/mol. The van der Waals surface area contributed by atoms with Crippen molar-refractivity contribution in [2.24, 2.45) is 0 Å². The van der Waals surface area contributed by atoms with Gasteiger partial charge in [-0.1, -0.05) is 5.10 Å². The maximum absolute atomic E-state index is 11.7. The summed E-state index contributed by atoms with van der Waals surface area (Å²) in [5, 5.41) is 12.2. The fourth-order valence-corrected chi connectivity index (χ4v) is 0.712. The monoisotopic (exact) mass is 192 g/mol. The molecule has 0 saturated carbocycles. The van der Waals surface area contributed by atoms with Gasteiger partial charge in [0, 0.05) is 0 Å². The number of nitrogens with one attached hydrogen (secondary N) is 2. The number of hydrogen-bond acceptors (Lipinski definition) is 5. The predicted octanol–water partition coefficient (Wildman–Crippen LogP) is 0.466. The van der Waals surface area contributed by atoms with E-state index < -0.39 is 13.0 Å². The first-order valence-electron chi connectivity index (χ1n) is 3.71. The van der Waals surface area contributed by atoms with Gasteiger partial charge in [0.05, 0.1) is 13.1 Å². The van der Waals surface area contributed by atoms with Crippen LogP contribution in [-0.4, -0.2) is 30.2 Å². The van der Waals surface area contributed by atoms with E-state index >= 15 is 0 Å². The third-order valence-electron chi connectivity index (χ3n) is 1.20. The lowest BCUT2D eigenvalue weighted by Gasteiger charge is -1.97. The van der Waals surface area contributed by atoms with Crippen molar-refractivity contribution in [1.82, 2.24) is 15.5 Å². The van der Waals surface area contributed by atoms with E-state index in [2.05, 4.69) is 20.8 Å². The summed E-state index contributed by atoms with van der Waals surface area (Å²) in [6.07, 6.45) is -2.43. The summed E-state index contributed by atoms with van der Waals surface area (Å²) in [7, 11) is 1.72. The molecule has 1 aromatic rings. The smallest absolute Gasteiger partial charge is 0.315 e. The summed E-state index contributed by atoms with van der Waals surface area (Å²) in [6.45, 7) is -0.0649. The second-order valence-electron chi connectivity index (χ2n) is 2.30. The van der Waals surface area contributed by atoms with Crippen LogP contribution in [0.3, 0.4) is 0 Å². The summed E-state index contributed by atoms with van der Waals surface area (Å²) in [4.78, 5) is 0. The van der Waals surface area contributed by atoms with Crippen LogP contribution in [-0.2, 0) is 6.54 Å². The van der Waals surface area contributed by atoms with Crippen LogP contribution in [0.2, 0.25) is 0 Å². The molecule has 0 aliphatic rings. The zero-order valence-electron chi connectivity index (χ0n) is 7.05. The fraction of sp³-hybridized carbons (Fsp3) is 0.667. The third kappa shape index (κ3) is 3.32. The van der Waals surface area contributed by atoms with Crippen LogP contribution in [0.15, 0.2) is 4.42 Å². The van der Waals surface area contributed by atoms with Crippen LogP contribution in [0.5, 0.6) is 0 Å². The van der Waals surface area contributed by atoms with Crippen LogP contribution in [0.4, 0.5) is 14.8 Å². The Bertz CT molecular complexity index is 253. The Morgan fingerprint density at radius 2 is 2.23 bits per heavy atom. The van der Waals surface area contributed by atoms with Crippen LogP contribution < -0.4 is 10.6 Å². The van der Waals surface area contributed by atoms with Gasteiger partial charge < -0.3 is 15.1 Å². The predicted molar refractivity (Wildman–Crippen MR) is 41.6 cm³/mol. The molecule has 13 heavy (non-hydrogen) atoms. The van der Waals surface area contributed by atoms with Crippen LogP contribution in [0.1, 0.15) is 5.89 Å². The molecule has 0 saturated heterocycles. The first-order chi connectivity index (χ1) is 6.22. The highest BCUT2D eigenvalue weighted by atomic mass is 19.3. The van der Waals surface area contributed by atoms with Gasteiger partial charge in [0.1, 0.15) is 0 Å². The van der Waals surface area contributed by atoms with Gasteiger partial charge in [-0.25, -0.2) is 8.78 Å². The van der Waals surface area contributed by atoms with E-state index in [9.17, 15) is 8.78 Å². The number of alkyl halides is 2. The molecule has 74 valence electrons. The zero-order chi connectivity index (χ0) is 9.68. The van der Waals surface area contributed by atoms with Crippen molar-refractivity contribution in [3.63, 3.8) is 0 Å². The minimum atomic E-state index is -2.43. The molecule has 0 aromatic carbocycles. The molecule has 0 aliphatic heterocycles. The average Bonchev–Trinajstić information content (AvgIpc) is 2.50. The molecule has 7 heteroatoms. The minimum absolute atomic E-state index is 0.0190. The molecular formula is C6H10F2N4O. The minimum Gasteiger partial charge on any atom is -0.407 e. The maximum Gasteiger partial charge on any atom is 0.315 e. The molecule has 0 spiro atoms. The topological polar surface area (TPSA) is 63.0 Å². The van der Waals surface area contributed by atoms with E-state index in [0.717, 1.165) is 0 Å². The lowest BCUT2D eigenvalue weighted by Crippen LogP contribution is -2.10. The number of aromatic nitrogens is 2. The summed E-state index contributed by atoms with van der Waals surface area (Å²) in [5.41, 5.74) is 0. The Labute approximate surface area is 73.5 Å². The summed E-state index contributed by atoms with van der Waals surface area (Å²) >= 11 is 0. The van der Waals surface area contributed by atoms with Crippen molar-refractivity contribution in [3.8, 4) is 0 Å². The van der Waals surface area contributed by atoms with Crippen molar-refractivity contribution < 1.29 is 13.2 Å². The van der Waals surface area contributed by atoms with Gasteiger partial charge in [0.2, 0.25) is 5.89 Å². The third-order valence-corrected chi connectivity index (χ3v) is 1.20. The van der Waals surface area contributed by atoms with Crippen LogP contribution in [0.25, 0.3) is 0 Å². The maximum atomic E-state index is 11.7. The molecule has 2 N–H and O–H groups in total. The van der Waals surface area contributed by atoms with Gasteiger partial charge in [-0.05, 0) is 7.05 Å². The van der Waals surface area contributed by atoms with Gasteiger partial charge in [-0.2, -0.15) is 0 Å². The summed E-state index contributed by atoms with van der Waals surface area (Å²) in [5.74, 6) is 0.360. The normalized spacial score (nSPS) is 10.8. The van der Waals surface area contributed by atoms with E-state index in [0.29, 0.717) is 12.4 Å². The number of anilines is 1. The molecule has 1 heterocycles. The van der Waals surface area contributed by atoms with E-state index in [1.807, 2.05) is 0 Å². The molecule has 0 unspecified atom stereocenters. The van der Waals surface area contributed by atoms with Crippen LogP contribution >= 0.6 is 0 Å². The van der Waals surface area contributed by atoms with Gasteiger partial charge in [-0.15, -0.1) is 5.10 Å². The van der Waals surface area contributed by atoms with Crippen molar-refractivity contribution in [2.75, 3.05) is 18.9 Å². The number of rotatable bonds is 5. The van der Waals surface area contributed by atoms with Crippen LogP contribution in [0, 0.1) is 0 Å². The molecule has 5 nitrogen and oxygen atoms in total. The molecule has 0 amide bonds. The van der Waals surface area contributed by atoms with Crippen molar-refractivity contribution in [3.05, 3.63) is 5.89 Å². The molecule has 0 bridgehead atoms. The van der Waals surface area contributed by atoms with E-state index in [1.165, 1.54) is 0 Å². The second-order valence-corrected chi connectivity index (χ2v) is 2.30. The number of hydrogen-bond donors (Lipinski definition) is 2. The molecule has 1 aromatic heterocycles. The zero-order valence-corrected chi connectivity index (χ0v) is 7.05. The van der Waals surface area contributed by atoms with Crippen molar-refractivity contribution >= 4 is 6.01 Å². The summed E-state index contributed by atoms with van der Waals surface area (Å²) in [6, 6.07) is 0.0190. The summed E-state index contributed by atoms with van der Waals surface area (Å²) < 4.78 is 28.4. The number of halogens is 2. The Kier molecular flexibility index (Phi) is 3.56. The molecule has 0 fully saturated rings. The lowest BCUT2D eigenvalue weighted by atomic mass is 10.6. The van der Waals surface area contributed by atoms with Gasteiger partial charge in [-0.3, -0.25) is 0 Å². The van der Waals surface area contributed by atoms with E-state index in [1.54, 1.807) is 7.05 Å². The molecule has 0 atom stereocenters. The largest absolute Gasteiger partial charge is 0.407 e. The van der Waals surface area contributed by atoms with Crippen molar-refractivity contribution in [2.45, 2.75) is 13.0 Å². The number of nitrogens with zero attached hydrogens (tertiary/aromatic N) is 2. The first kappa shape index (κ1) is 9.85. The molecule has 0 radical (unpaired) electrons. The standard InChI is InChI=1S/C6H10F2N4O/c1-9-3-5-11-12-6(13-5)10-2-4(7)8/h4,9H,2-3H2,1H3,(H,10,12). The van der Waals surface area contributed by atoms with Gasteiger partial charge in [0.15, 0.2) is 0 Å². The highest BCUT2D eigenvalue weighted by Crippen LogP contribution is 2.05. The van der Waals surface area contributed by atoms with Gasteiger partial charge >= 0.3 is 6.01 Å². The quantitative estimate of drug-likeness (QED) is 0.709. The SMILES string of the molecule is CNCc1nnc(NCC(F)F)o1. The lowest BCUT2D eigenvalue weighted by molar-refractivity contribution is 0.162. The Morgan fingerprint density at radius 1 is 1.46 bits per heavy atom. The molecule has 0 aliphatic carbocycles.